The maximum atomic E-state index is 14.1. The Hall–Kier alpha value is -0.840. The first-order chi connectivity index (χ1) is 9.13. The number of benzene rings is 1. The summed E-state index contributed by atoms with van der Waals surface area (Å²) < 4.78 is 20.3. The van der Waals surface area contributed by atoms with E-state index in [1.807, 2.05) is 0 Å². The third-order valence-corrected chi connectivity index (χ3v) is 3.67. The average molecular weight is 347 g/mol. The van der Waals surface area contributed by atoms with E-state index < -0.39 is 0 Å². The normalized spacial score (nSPS) is 12.6. The highest BCUT2D eigenvalue weighted by Gasteiger charge is 2.22. The Balaban J connectivity index is 2.40. The highest BCUT2D eigenvalue weighted by atomic mass is 79.9. The first-order valence-electron chi connectivity index (χ1n) is 6.04. The monoisotopic (exact) mass is 345 g/mol. The lowest BCUT2D eigenvalue weighted by Crippen LogP contribution is -2.24. The van der Waals surface area contributed by atoms with Gasteiger partial charge in [0, 0.05) is 10.6 Å². The Labute approximate surface area is 125 Å². The molecule has 1 N–H and O–H groups in total. The predicted molar refractivity (Wildman–Crippen MR) is 78.0 cm³/mol. The van der Waals surface area contributed by atoms with Crippen LogP contribution in [0.3, 0.4) is 0 Å². The van der Waals surface area contributed by atoms with Crippen molar-refractivity contribution in [3.05, 3.63) is 57.2 Å². The van der Waals surface area contributed by atoms with Crippen LogP contribution >= 0.6 is 27.5 Å². The van der Waals surface area contributed by atoms with E-state index in [0.717, 1.165) is 17.4 Å². The molecule has 2 rings (SSSR count). The molecule has 2 aromatic rings. The molecule has 1 aromatic carbocycles. The molecule has 1 heterocycles. The van der Waals surface area contributed by atoms with Crippen molar-refractivity contribution in [2.75, 3.05) is 6.54 Å². The van der Waals surface area contributed by atoms with E-state index in [9.17, 15) is 4.39 Å². The summed E-state index contributed by atoms with van der Waals surface area (Å²) in [6, 6.07) is 6.14. The number of nitrogens with one attached hydrogen (secondary N) is 1. The molecule has 0 saturated carbocycles. The van der Waals surface area contributed by atoms with Gasteiger partial charge in [-0.05, 0) is 47.1 Å². The molecule has 0 amide bonds. The maximum absolute atomic E-state index is 14.1. The Kier molecular flexibility index (Phi) is 5.02. The SMILES string of the molecule is CCCNC(c1ccc(Cl)cc1F)c1occc1Br. The van der Waals surface area contributed by atoms with Crippen molar-refractivity contribution >= 4 is 27.5 Å². The Bertz CT molecular complexity index is 558. The zero-order valence-electron chi connectivity index (χ0n) is 10.4. The minimum absolute atomic E-state index is 0.332. The molecule has 0 saturated heterocycles. The largest absolute Gasteiger partial charge is 0.466 e. The van der Waals surface area contributed by atoms with Crippen molar-refractivity contribution in [3.8, 4) is 0 Å². The smallest absolute Gasteiger partial charge is 0.139 e. The minimum atomic E-state index is -0.343. The van der Waals surface area contributed by atoms with Crippen molar-refractivity contribution in [1.29, 1.82) is 0 Å². The summed E-state index contributed by atoms with van der Waals surface area (Å²) >= 11 is 9.20. The second-order valence-corrected chi connectivity index (χ2v) is 5.48. The van der Waals surface area contributed by atoms with Crippen LogP contribution in [0.4, 0.5) is 4.39 Å². The van der Waals surface area contributed by atoms with Gasteiger partial charge in [0.2, 0.25) is 0 Å². The van der Waals surface area contributed by atoms with E-state index in [2.05, 4.69) is 28.2 Å². The van der Waals surface area contributed by atoms with Crippen LogP contribution in [0.1, 0.15) is 30.7 Å². The Morgan fingerprint density at radius 3 is 2.79 bits per heavy atom. The standard InChI is InChI=1S/C14H14BrClFNO/c1-2-6-18-13(14-11(15)5-7-19-14)10-4-3-9(16)8-12(10)17/h3-5,7-8,13,18H,2,6H2,1H3. The van der Waals surface area contributed by atoms with Gasteiger partial charge in [-0.3, -0.25) is 0 Å². The molecular weight excluding hydrogens is 333 g/mol. The first kappa shape index (κ1) is 14.6. The van der Waals surface area contributed by atoms with Gasteiger partial charge in [0.15, 0.2) is 0 Å². The summed E-state index contributed by atoms with van der Waals surface area (Å²) in [7, 11) is 0. The number of hydrogen-bond donors (Lipinski definition) is 1. The van der Waals surface area contributed by atoms with Crippen molar-refractivity contribution in [2.24, 2.45) is 0 Å². The lowest BCUT2D eigenvalue weighted by Gasteiger charge is -2.18. The van der Waals surface area contributed by atoms with Gasteiger partial charge in [-0.2, -0.15) is 0 Å². The van der Waals surface area contributed by atoms with Crippen LogP contribution in [0.25, 0.3) is 0 Å². The quantitative estimate of drug-likeness (QED) is 0.831. The second-order valence-electron chi connectivity index (χ2n) is 4.19. The molecule has 1 unspecified atom stereocenters. The number of furan rings is 1. The zero-order valence-corrected chi connectivity index (χ0v) is 12.8. The van der Waals surface area contributed by atoms with Crippen molar-refractivity contribution in [3.63, 3.8) is 0 Å². The molecule has 0 fully saturated rings. The van der Waals surface area contributed by atoms with E-state index in [4.69, 9.17) is 16.0 Å². The van der Waals surface area contributed by atoms with Gasteiger partial charge < -0.3 is 9.73 Å². The fourth-order valence-electron chi connectivity index (χ4n) is 1.88. The molecule has 1 aromatic heterocycles. The van der Waals surface area contributed by atoms with E-state index in [1.165, 1.54) is 6.07 Å². The van der Waals surface area contributed by atoms with E-state index in [1.54, 1.807) is 24.5 Å². The van der Waals surface area contributed by atoms with E-state index in [0.29, 0.717) is 16.3 Å². The zero-order chi connectivity index (χ0) is 13.8. The van der Waals surface area contributed by atoms with Crippen LogP contribution in [0, 0.1) is 5.82 Å². The van der Waals surface area contributed by atoms with Crippen molar-refractivity contribution in [2.45, 2.75) is 19.4 Å². The molecule has 1 atom stereocenters. The molecule has 102 valence electrons. The summed E-state index contributed by atoms with van der Waals surface area (Å²) in [4.78, 5) is 0. The molecule has 0 aliphatic rings. The van der Waals surface area contributed by atoms with Gasteiger partial charge in [-0.25, -0.2) is 4.39 Å². The van der Waals surface area contributed by atoms with Crippen LogP contribution in [-0.4, -0.2) is 6.54 Å². The van der Waals surface area contributed by atoms with Gasteiger partial charge in [-0.1, -0.05) is 24.6 Å². The third kappa shape index (κ3) is 3.38. The van der Waals surface area contributed by atoms with E-state index in [-0.39, 0.29) is 11.9 Å². The lowest BCUT2D eigenvalue weighted by molar-refractivity contribution is 0.434. The maximum Gasteiger partial charge on any atom is 0.139 e. The summed E-state index contributed by atoms with van der Waals surface area (Å²) in [5.74, 6) is 0.319. The first-order valence-corrected chi connectivity index (χ1v) is 7.21. The van der Waals surface area contributed by atoms with Crippen LogP contribution in [0.15, 0.2) is 39.4 Å². The molecule has 0 radical (unpaired) electrons. The fraction of sp³-hybridized carbons (Fsp3) is 0.286. The topological polar surface area (TPSA) is 25.2 Å². The third-order valence-electron chi connectivity index (χ3n) is 2.78. The summed E-state index contributed by atoms with van der Waals surface area (Å²) in [5.41, 5.74) is 0.522. The lowest BCUT2D eigenvalue weighted by atomic mass is 10.0. The average Bonchev–Trinajstić information content (AvgIpc) is 2.78. The predicted octanol–water partition coefficient (Wildman–Crippen LogP) is 4.92. The van der Waals surface area contributed by atoms with Gasteiger partial charge in [0.1, 0.15) is 11.6 Å². The van der Waals surface area contributed by atoms with Crippen molar-refractivity contribution < 1.29 is 8.81 Å². The van der Waals surface area contributed by atoms with Crippen LogP contribution in [-0.2, 0) is 0 Å². The fourth-order valence-corrected chi connectivity index (χ4v) is 2.47. The summed E-state index contributed by atoms with van der Waals surface area (Å²) in [6.45, 7) is 2.82. The molecular formula is C14H14BrClFNO. The number of hydrogen-bond acceptors (Lipinski definition) is 2. The van der Waals surface area contributed by atoms with Gasteiger partial charge in [0.25, 0.3) is 0 Å². The molecule has 19 heavy (non-hydrogen) atoms. The van der Waals surface area contributed by atoms with Gasteiger partial charge in [0.05, 0.1) is 16.8 Å². The van der Waals surface area contributed by atoms with Crippen LogP contribution in [0.5, 0.6) is 0 Å². The Morgan fingerprint density at radius 1 is 1.42 bits per heavy atom. The van der Waals surface area contributed by atoms with E-state index >= 15 is 0 Å². The summed E-state index contributed by atoms with van der Waals surface area (Å²) in [5, 5.41) is 3.67. The van der Waals surface area contributed by atoms with Crippen LogP contribution in [0.2, 0.25) is 5.02 Å². The molecule has 0 bridgehead atoms. The molecule has 5 heteroatoms. The van der Waals surface area contributed by atoms with Crippen LogP contribution < -0.4 is 5.32 Å². The summed E-state index contributed by atoms with van der Waals surface area (Å²) in [6.07, 6.45) is 2.53. The molecule has 0 aliphatic heterocycles. The van der Waals surface area contributed by atoms with Crippen molar-refractivity contribution in [1.82, 2.24) is 5.32 Å². The number of rotatable bonds is 5. The Morgan fingerprint density at radius 2 is 2.21 bits per heavy atom. The highest BCUT2D eigenvalue weighted by molar-refractivity contribution is 9.10. The van der Waals surface area contributed by atoms with Gasteiger partial charge in [-0.15, -0.1) is 0 Å². The number of halogens is 3. The highest BCUT2D eigenvalue weighted by Crippen LogP contribution is 2.31. The molecule has 0 spiro atoms. The van der Waals surface area contributed by atoms with Gasteiger partial charge >= 0.3 is 0 Å². The second kappa shape index (κ2) is 6.55. The molecule has 0 aliphatic carbocycles. The minimum Gasteiger partial charge on any atom is -0.466 e. The molecule has 2 nitrogen and oxygen atoms in total.